The Morgan fingerprint density at radius 1 is 1.38 bits per heavy atom. The largest absolute Gasteiger partial charge is 0.444 e. The molecule has 0 aliphatic heterocycles. The van der Waals surface area contributed by atoms with Crippen LogP contribution in [-0.2, 0) is 4.74 Å². The zero-order chi connectivity index (χ0) is 12.9. The molecule has 0 spiro atoms. The number of hydrogen-bond acceptors (Lipinski definition) is 2. The molecule has 1 N–H and O–H groups in total. The average Bonchev–Trinajstić information content (AvgIpc) is 1.97. The maximum absolute atomic E-state index is 11.6. The Balaban J connectivity index is 4.30. The second kappa shape index (κ2) is 5.92. The molecule has 16 heavy (non-hydrogen) atoms. The van der Waals surface area contributed by atoms with Crippen molar-refractivity contribution >= 4 is 6.09 Å². The highest BCUT2D eigenvalue weighted by molar-refractivity contribution is 5.68. The summed E-state index contributed by atoms with van der Waals surface area (Å²) in [4.78, 5) is 11.6. The van der Waals surface area contributed by atoms with E-state index in [1.807, 2.05) is 27.7 Å². The normalized spacial score (nSPS) is 13.4. The van der Waals surface area contributed by atoms with Crippen LogP contribution in [0.5, 0.6) is 0 Å². The summed E-state index contributed by atoms with van der Waals surface area (Å²) in [5.74, 6) is 0.511. The predicted octanol–water partition coefficient (Wildman–Crippen LogP) is 3.50. The van der Waals surface area contributed by atoms with E-state index in [1.165, 1.54) is 0 Å². The molecule has 1 atom stereocenters. The second-order valence-corrected chi connectivity index (χ2v) is 5.67. The summed E-state index contributed by atoms with van der Waals surface area (Å²) >= 11 is 0. The summed E-state index contributed by atoms with van der Waals surface area (Å²) in [5.41, 5.74) is 0.501. The minimum absolute atomic E-state index is 0.00477. The molecule has 0 aromatic carbocycles. The first-order chi connectivity index (χ1) is 7.11. The molecule has 0 heterocycles. The van der Waals surface area contributed by atoms with Gasteiger partial charge in [0.25, 0.3) is 0 Å². The van der Waals surface area contributed by atoms with Gasteiger partial charge in [-0.1, -0.05) is 26.0 Å². The third kappa shape index (κ3) is 7.32. The van der Waals surface area contributed by atoms with Gasteiger partial charge in [0.05, 0.1) is 6.04 Å². The van der Waals surface area contributed by atoms with Crippen molar-refractivity contribution in [1.82, 2.24) is 5.32 Å². The van der Waals surface area contributed by atoms with E-state index in [0.29, 0.717) is 5.92 Å². The van der Waals surface area contributed by atoms with Gasteiger partial charge in [0.15, 0.2) is 0 Å². The molecule has 94 valence electrons. The lowest BCUT2D eigenvalue weighted by Crippen LogP contribution is -2.40. The second-order valence-electron chi connectivity index (χ2n) is 5.67. The molecule has 1 amide bonds. The number of rotatable bonds is 4. The highest BCUT2D eigenvalue weighted by Crippen LogP contribution is 2.13. The molecule has 0 aromatic heterocycles. The van der Waals surface area contributed by atoms with Crippen LogP contribution in [0, 0.1) is 5.92 Å². The van der Waals surface area contributed by atoms with Gasteiger partial charge in [-0.25, -0.2) is 4.79 Å². The first-order valence-electron chi connectivity index (χ1n) is 5.76. The van der Waals surface area contributed by atoms with Crippen molar-refractivity contribution in [2.75, 3.05) is 0 Å². The minimum Gasteiger partial charge on any atom is -0.444 e. The molecule has 3 nitrogen and oxygen atoms in total. The van der Waals surface area contributed by atoms with Crippen LogP contribution < -0.4 is 5.32 Å². The summed E-state index contributed by atoms with van der Waals surface area (Å²) < 4.78 is 5.21. The molecule has 0 saturated heterocycles. The molecule has 0 fully saturated rings. The lowest BCUT2D eigenvalue weighted by atomic mass is 9.99. The van der Waals surface area contributed by atoms with Gasteiger partial charge >= 0.3 is 6.09 Å². The zero-order valence-corrected chi connectivity index (χ0v) is 11.4. The van der Waals surface area contributed by atoms with Gasteiger partial charge in [-0.3, -0.25) is 0 Å². The number of carbonyl (C=O) groups is 1. The fourth-order valence-electron chi connectivity index (χ4n) is 1.30. The van der Waals surface area contributed by atoms with Crippen molar-refractivity contribution < 1.29 is 9.53 Å². The smallest absolute Gasteiger partial charge is 0.408 e. The summed E-state index contributed by atoms with van der Waals surface area (Å²) in [6.45, 7) is 15.6. The van der Waals surface area contributed by atoms with Gasteiger partial charge in [-0.15, -0.1) is 0 Å². The monoisotopic (exact) mass is 227 g/mol. The van der Waals surface area contributed by atoms with E-state index in [9.17, 15) is 4.79 Å². The Morgan fingerprint density at radius 3 is 2.19 bits per heavy atom. The standard InChI is InChI=1S/C13H25NO2/c1-9(2)8-11(10(3)4)14-12(15)16-13(5,6)7/h9,11H,3,8H2,1-2,4-7H3,(H,14,15)/t11-/m1/s1. The maximum atomic E-state index is 11.6. The Morgan fingerprint density at radius 2 is 1.88 bits per heavy atom. The first-order valence-corrected chi connectivity index (χ1v) is 5.76. The van der Waals surface area contributed by atoms with Crippen molar-refractivity contribution in [3.63, 3.8) is 0 Å². The van der Waals surface area contributed by atoms with Crippen LogP contribution >= 0.6 is 0 Å². The number of nitrogens with one attached hydrogen (secondary N) is 1. The third-order valence-electron chi connectivity index (χ3n) is 1.99. The number of carbonyl (C=O) groups excluding carboxylic acids is 1. The van der Waals surface area contributed by atoms with E-state index < -0.39 is 5.60 Å². The van der Waals surface area contributed by atoms with Crippen LogP contribution in [0.2, 0.25) is 0 Å². The number of alkyl carbamates (subject to hydrolysis) is 1. The van der Waals surface area contributed by atoms with Crippen LogP contribution in [0.3, 0.4) is 0 Å². The van der Waals surface area contributed by atoms with E-state index in [2.05, 4.69) is 25.7 Å². The minimum atomic E-state index is -0.457. The molecule has 0 rings (SSSR count). The summed E-state index contributed by atoms with van der Waals surface area (Å²) in [5, 5.41) is 2.84. The molecule has 0 bridgehead atoms. The molecular formula is C13H25NO2. The van der Waals surface area contributed by atoms with Gasteiger partial charge < -0.3 is 10.1 Å². The van der Waals surface area contributed by atoms with E-state index in [0.717, 1.165) is 12.0 Å². The molecule has 0 saturated carbocycles. The molecule has 0 radical (unpaired) electrons. The average molecular weight is 227 g/mol. The first kappa shape index (κ1) is 15.0. The summed E-state index contributed by atoms with van der Waals surface area (Å²) in [6, 6.07) is -0.00477. The van der Waals surface area contributed by atoms with Gasteiger partial charge in [0, 0.05) is 0 Å². The van der Waals surface area contributed by atoms with E-state index >= 15 is 0 Å². The number of hydrogen-bond donors (Lipinski definition) is 1. The Bertz CT molecular complexity index is 251. The topological polar surface area (TPSA) is 38.3 Å². The third-order valence-corrected chi connectivity index (χ3v) is 1.99. The fourth-order valence-corrected chi connectivity index (χ4v) is 1.30. The SMILES string of the molecule is C=C(C)[C@@H](CC(C)C)NC(=O)OC(C)(C)C. The summed E-state index contributed by atoms with van der Waals surface area (Å²) in [6.07, 6.45) is 0.510. The number of ether oxygens (including phenoxy) is 1. The fraction of sp³-hybridized carbons (Fsp3) is 0.769. The highest BCUT2D eigenvalue weighted by Gasteiger charge is 2.20. The molecule has 0 aliphatic carbocycles. The predicted molar refractivity (Wildman–Crippen MR) is 67.4 cm³/mol. The highest BCUT2D eigenvalue weighted by atomic mass is 16.6. The molecule has 0 unspecified atom stereocenters. The van der Waals surface area contributed by atoms with Crippen LogP contribution in [0.15, 0.2) is 12.2 Å². The molecule has 3 heteroatoms. The lowest BCUT2D eigenvalue weighted by Gasteiger charge is -2.24. The van der Waals surface area contributed by atoms with E-state index in [4.69, 9.17) is 4.74 Å². The molecule has 0 aromatic rings. The Hall–Kier alpha value is -0.990. The van der Waals surface area contributed by atoms with E-state index in [1.54, 1.807) is 0 Å². The Kier molecular flexibility index (Phi) is 5.56. The quantitative estimate of drug-likeness (QED) is 0.746. The molecule has 0 aliphatic rings. The van der Waals surface area contributed by atoms with Crippen LogP contribution in [-0.4, -0.2) is 17.7 Å². The maximum Gasteiger partial charge on any atom is 0.408 e. The summed E-state index contributed by atoms with van der Waals surface area (Å²) in [7, 11) is 0. The zero-order valence-electron chi connectivity index (χ0n) is 11.4. The number of amides is 1. The van der Waals surface area contributed by atoms with Gasteiger partial charge in [0.2, 0.25) is 0 Å². The van der Waals surface area contributed by atoms with Crippen molar-refractivity contribution in [2.24, 2.45) is 5.92 Å². The van der Waals surface area contributed by atoms with Crippen LogP contribution in [0.4, 0.5) is 4.79 Å². The van der Waals surface area contributed by atoms with Crippen molar-refractivity contribution in [3.05, 3.63) is 12.2 Å². The van der Waals surface area contributed by atoms with Gasteiger partial charge in [-0.2, -0.15) is 0 Å². The lowest BCUT2D eigenvalue weighted by molar-refractivity contribution is 0.0507. The van der Waals surface area contributed by atoms with Crippen LogP contribution in [0.1, 0.15) is 48.0 Å². The molecular weight excluding hydrogens is 202 g/mol. The van der Waals surface area contributed by atoms with Crippen molar-refractivity contribution in [2.45, 2.75) is 59.6 Å². The van der Waals surface area contributed by atoms with Gasteiger partial charge in [-0.05, 0) is 40.0 Å². The van der Waals surface area contributed by atoms with E-state index in [-0.39, 0.29) is 12.1 Å². The van der Waals surface area contributed by atoms with Crippen molar-refractivity contribution in [3.8, 4) is 0 Å². The van der Waals surface area contributed by atoms with Crippen LogP contribution in [0.25, 0.3) is 0 Å². The van der Waals surface area contributed by atoms with Gasteiger partial charge in [0.1, 0.15) is 5.60 Å². The Labute approximate surface area is 99.3 Å². The van der Waals surface area contributed by atoms with Crippen molar-refractivity contribution in [1.29, 1.82) is 0 Å².